The molecule has 0 N–H and O–H groups in total. The Balaban J connectivity index is 1.92. The summed E-state index contributed by atoms with van der Waals surface area (Å²) in [5.74, 6) is -0.537. The number of amides is 2. The molecule has 0 saturated heterocycles. The highest BCUT2D eigenvalue weighted by Gasteiger charge is 2.41. The van der Waals surface area contributed by atoms with Crippen LogP contribution < -0.4 is 4.90 Å². The molecule has 1 aliphatic rings. The first-order chi connectivity index (χ1) is 10.5. The van der Waals surface area contributed by atoms with Crippen LogP contribution in [0.1, 0.15) is 46.0 Å². The summed E-state index contributed by atoms with van der Waals surface area (Å²) < 4.78 is 1.38. The van der Waals surface area contributed by atoms with Crippen LogP contribution in [0.15, 0.2) is 31.8 Å². The van der Waals surface area contributed by atoms with E-state index in [1.807, 2.05) is 24.3 Å². The van der Waals surface area contributed by atoms with Crippen molar-refractivity contribution in [1.82, 2.24) is 0 Å². The van der Waals surface area contributed by atoms with Gasteiger partial charge < -0.3 is 0 Å². The fourth-order valence-corrected chi connectivity index (χ4v) is 5.60. The summed E-state index contributed by atoms with van der Waals surface area (Å²) in [6, 6.07) is 7.67. The number of imide groups is 1. The van der Waals surface area contributed by atoms with Crippen LogP contribution in [0.4, 0.5) is 5.69 Å². The van der Waals surface area contributed by atoms with Crippen LogP contribution in [0.5, 0.6) is 0 Å². The Kier molecular flexibility index (Phi) is 4.52. The van der Waals surface area contributed by atoms with Gasteiger partial charge in [0.1, 0.15) is 0 Å². The Morgan fingerprint density at radius 2 is 1.55 bits per heavy atom. The Hall–Kier alpha value is -0.980. The minimum atomic E-state index is -0.268. The molecule has 1 aliphatic heterocycles. The van der Waals surface area contributed by atoms with Gasteiger partial charge in [-0.1, -0.05) is 25.5 Å². The lowest BCUT2D eigenvalue weighted by Crippen LogP contribution is -2.29. The summed E-state index contributed by atoms with van der Waals surface area (Å²) in [6.07, 6.45) is 3.30. The smallest absolute Gasteiger partial charge is 0.268 e. The number of fused-ring (bicyclic) bond motifs is 1. The molecule has 0 bridgehead atoms. The molecule has 0 aliphatic carbocycles. The largest absolute Gasteiger partial charge is 0.268 e. The number of anilines is 1. The van der Waals surface area contributed by atoms with Crippen LogP contribution in [-0.2, 0) is 6.42 Å². The second kappa shape index (κ2) is 6.26. The number of carbonyl (C=O) groups excluding carboxylic acids is 2. The van der Waals surface area contributed by atoms with Crippen LogP contribution in [0.2, 0.25) is 0 Å². The van der Waals surface area contributed by atoms with E-state index in [0.717, 1.165) is 19.3 Å². The highest BCUT2D eigenvalue weighted by atomic mass is 79.9. The van der Waals surface area contributed by atoms with E-state index in [1.165, 1.54) is 21.8 Å². The van der Waals surface area contributed by atoms with Crippen LogP contribution in [0.3, 0.4) is 0 Å². The van der Waals surface area contributed by atoms with Crippen molar-refractivity contribution in [3.63, 3.8) is 0 Å². The van der Waals surface area contributed by atoms with E-state index < -0.39 is 0 Å². The van der Waals surface area contributed by atoms with E-state index in [-0.39, 0.29) is 11.8 Å². The quantitative estimate of drug-likeness (QED) is 0.593. The number of aryl methyl sites for hydroxylation is 1. The van der Waals surface area contributed by atoms with Crippen LogP contribution >= 0.6 is 43.2 Å². The summed E-state index contributed by atoms with van der Waals surface area (Å²) >= 11 is 8.08. The van der Waals surface area contributed by atoms with Crippen molar-refractivity contribution in [2.24, 2.45) is 0 Å². The summed E-state index contributed by atoms with van der Waals surface area (Å²) in [5.41, 5.74) is 2.75. The van der Waals surface area contributed by atoms with E-state index in [9.17, 15) is 9.59 Å². The maximum Gasteiger partial charge on any atom is 0.268 e. The van der Waals surface area contributed by atoms with Gasteiger partial charge in [-0.05, 0) is 62.4 Å². The molecule has 0 unspecified atom stereocenters. The zero-order valence-electron chi connectivity index (χ0n) is 11.9. The Bertz CT molecular complexity index is 716. The molecule has 22 heavy (non-hydrogen) atoms. The molecule has 6 heteroatoms. The van der Waals surface area contributed by atoms with Crippen LogP contribution in [0, 0.1) is 0 Å². The molecule has 0 spiro atoms. The topological polar surface area (TPSA) is 37.4 Å². The van der Waals surface area contributed by atoms with E-state index in [0.29, 0.717) is 24.4 Å². The van der Waals surface area contributed by atoms with E-state index in [2.05, 4.69) is 38.8 Å². The van der Waals surface area contributed by atoms with E-state index in [4.69, 9.17) is 0 Å². The monoisotopic (exact) mass is 441 g/mol. The predicted molar refractivity (Wildman–Crippen MR) is 95.9 cm³/mol. The second-order valence-electron chi connectivity index (χ2n) is 5.12. The van der Waals surface area contributed by atoms with Gasteiger partial charge in [0.15, 0.2) is 0 Å². The molecule has 0 fully saturated rings. The molecule has 2 amide bonds. The molecule has 0 saturated carbocycles. The standard InChI is InChI=1S/C16H13Br2NO2S/c1-2-3-4-9-5-7-10(8-6-9)19-15(20)11-12(16(19)21)14(18)22-13(11)17/h5-8H,2-4H2,1H3. The lowest BCUT2D eigenvalue weighted by atomic mass is 10.1. The predicted octanol–water partition coefficient (Wildman–Crippen LogP) is 5.42. The van der Waals surface area contributed by atoms with E-state index in [1.54, 1.807) is 0 Å². The lowest BCUT2D eigenvalue weighted by molar-refractivity contribution is 0.0925. The average Bonchev–Trinajstić information content (AvgIpc) is 2.94. The number of nitrogens with zero attached hydrogens (tertiary/aromatic N) is 1. The van der Waals surface area contributed by atoms with E-state index >= 15 is 0 Å². The normalized spacial score (nSPS) is 13.9. The van der Waals surface area contributed by atoms with Crippen LogP contribution in [-0.4, -0.2) is 11.8 Å². The number of carbonyl (C=O) groups is 2. The van der Waals surface area contributed by atoms with Gasteiger partial charge in [-0.2, -0.15) is 0 Å². The number of hydrogen-bond donors (Lipinski definition) is 0. The third kappa shape index (κ3) is 2.57. The van der Waals surface area contributed by atoms with Gasteiger partial charge >= 0.3 is 0 Å². The van der Waals surface area contributed by atoms with Crippen LogP contribution in [0.25, 0.3) is 0 Å². The number of halogens is 2. The Labute approximate surface area is 149 Å². The molecule has 1 aromatic heterocycles. The highest BCUT2D eigenvalue weighted by Crippen LogP contribution is 2.43. The van der Waals surface area contributed by atoms with Crippen molar-refractivity contribution in [3.05, 3.63) is 48.5 Å². The molecular weight excluding hydrogens is 430 g/mol. The lowest BCUT2D eigenvalue weighted by Gasteiger charge is -2.15. The third-order valence-corrected chi connectivity index (χ3v) is 6.20. The number of hydrogen-bond acceptors (Lipinski definition) is 3. The van der Waals surface area contributed by atoms with Gasteiger partial charge in [0.05, 0.1) is 24.4 Å². The fraction of sp³-hybridized carbons (Fsp3) is 0.250. The van der Waals surface area contributed by atoms with Crippen molar-refractivity contribution >= 4 is 60.7 Å². The minimum Gasteiger partial charge on any atom is -0.268 e. The van der Waals surface area contributed by atoms with Crippen molar-refractivity contribution in [3.8, 4) is 0 Å². The number of thiophene rings is 1. The van der Waals surface area contributed by atoms with Gasteiger partial charge in [0.2, 0.25) is 0 Å². The Morgan fingerprint density at radius 1 is 1.00 bits per heavy atom. The molecule has 3 nitrogen and oxygen atoms in total. The van der Waals surface area contributed by atoms with Crippen molar-refractivity contribution < 1.29 is 9.59 Å². The molecule has 3 rings (SSSR count). The summed E-state index contributed by atoms with van der Waals surface area (Å²) in [7, 11) is 0. The maximum atomic E-state index is 12.6. The summed E-state index contributed by atoms with van der Waals surface area (Å²) in [4.78, 5) is 26.4. The van der Waals surface area contributed by atoms with Gasteiger partial charge in [0.25, 0.3) is 11.8 Å². The molecular formula is C16H13Br2NO2S. The number of unbranched alkanes of at least 4 members (excludes halogenated alkanes) is 1. The first-order valence-electron chi connectivity index (χ1n) is 7.00. The third-order valence-electron chi connectivity index (χ3n) is 3.67. The number of rotatable bonds is 4. The SMILES string of the molecule is CCCCc1ccc(N2C(=O)c3c(Br)sc(Br)c3C2=O)cc1. The minimum absolute atomic E-state index is 0.268. The second-order valence-corrected chi connectivity index (χ2v) is 8.77. The molecule has 2 heterocycles. The molecule has 114 valence electrons. The molecule has 2 aromatic rings. The summed E-state index contributed by atoms with van der Waals surface area (Å²) in [5, 5.41) is 0. The van der Waals surface area contributed by atoms with Gasteiger partial charge in [-0.3, -0.25) is 9.59 Å². The van der Waals surface area contributed by atoms with Crippen molar-refractivity contribution in [1.29, 1.82) is 0 Å². The van der Waals surface area contributed by atoms with Gasteiger partial charge in [-0.25, -0.2) is 4.90 Å². The Morgan fingerprint density at radius 3 is 2.05 bits per heavy atom. The maximum absolute atomic E-state index is 12.6. The first-order valence-corrected chi connectivity index (χ1v) is 9.40. The fourth-order valence-electron chi connectivity index (χ4n) is 2.50. The number of benzene rings is 1. The summed E-state index contributed by atoms with van der Waals surface area (Å²) in [6.45, 7) is 2.16. The highest BCUT2D eigenvalue weighted by molar-refractivity contribution is 9.12. The van der Waals surface area contributed by atoms with Gasteiger partial charge in [-0.15, -0.1) is 11.3 Å². The zero-order chi connectivity index (χ0) is 15.9. The molecule has 0 atom stereocenters. The first kappa shape index (κ1) is 15.9. The molecule has 0 radical (unpaired) electrons. The average molecular weight is 443 g/mol. The molecule has 1 aromatic carbocycles. The van der Waals surface area contributed by atoms with Gasteiger partial charge in [0, 0.05) is 0 Å². The van der Waals surface area contributed by atoms with Crippen molar-refractivity contribution in [2.45, 2.75) is 26.2 Å². The van der Waals surface area contributed by atoms with Crippen molar-refractivity contribution in [2.75, 3.05) is 4.90 Å². The zero-order valence-corrected chi connectivity index (χ0v) is 15.8.